The molecule has 0 aliphatic carbocycles. The second kappa shape index (κ2) is 6.49. The number of nitrogens with zero attached hydrogens (tertiary/aromatic N) is 4. The summed E-state index contributed by atoms with van der Waals surface area (Å²) in [5.41, 5.74) is 1.05. The lowest BCUT2D eigenvalue weighted by atomic mass is 10.2. The number of hydrogen-bond acceptors (Lipinski definition) is 4. The molecule has 3 rings (SSSR count). The average molecular weight is 384 g/mol. The van der Waals surface area contributed by atoms with Crippen LogP contribution >= 0.6 is 11.6 Å². The Labute approximate surface area is 149 Å². The van der Waals surface area contributed by atoms with Crippen LogP contribution in [0.1, 0.15) is 11.3 Å². The molecule has 132 valence electrons. The molecule has 0 spiro atoms. The maximum atomic E-state index is 13.8. The van der Waals surface area contributed by atoms with Crippen molar-refractivity contribution in [1.29, 1.82) is 0 Å². The summed E-state index contributed by atoms with van der Waals surface area (Å²) >= 11 is 5.99. The zero-order valence-corrected chi connectivity index (χ0v) is 15.0. The van der Waals surface area contributed by atoms with Crippen molar-refractivity contribution in [2.45, 2.75) is 18.4 Å². The fourth-order valence-corrected chi connectivity index (χ4v) is 3.76. The van der Waals surface area contributed by atoms with E-state index < -0.39 is 15.8 Å². The lowest BCUT2D eigenvalue weighted by Gasteiger charge is -2.06. The van der Waals surface area contributed by atoms with Crippen molar-refractivity contribution in [3.8, 4) is 0 Å². The molecule has 2 aromatic heterocycles. The van der Waals surface area contributed by atoms with Crippen LogP contribution in [-0.2, 0) is 23.6 Å². The van der Waals surface area contributed by atoms with E-state index in [1.54, 1.807) is 20.0 Å². The maximum absolute atomic E-state index is 13.8. The number of rotatable bonds is 5. The molecule has 7 nitrogen and oxygen atoms in total. The van der Waals surface area contributed by atoms with Gasteiger partial charge in [0.25, 0.3) is 10.0 Å². The van der Waals surface area contributed by atoms with E-state index in [2.05, 4.69) is 14.9 Å². The summed E-state index contributed by atoms with van der Waals surface area (Å²) in [7, 11) is -2.13. The zero-order chi connectivity index (χ0) is 18.2. The summed E-state index contributed by atoms with van der Waals surface area (Å²) in [6.45, 7) is 1.74. The second-order valence-electron chi connectivity index (χ2n) is 5.45. The molecular formula is C15H15ClFN5O2S. The van der Waals surface area contributed by atoms with Gasteiger partial charge in [-0.15, -0.1) is 0 Å². The van der Waals surface area contributed by atoms with Crippen molar-refractivity contribution in [2.75, 3.05) is 4.72 Å². The van der Waals surface area contributed by atoms with Crippen LogP contribution < -0.4 is 4.72 Å². The second-order valence-corrected chi connectivity index (χ2v) is 7.51. The summed E-state index contributed by atoms with van der Waals surface area (Å²) < 4.78 is 44.0. The van der Waals surface area contributed by atoms with Crippen molar-refractivity contribution >= 4 is 27.3 Å². The zero-order valence-electron chi connectivity index (χ0n) is 13.4. The number of aryl methyl sites for hydroxylation is 1. The van der Waals surface area contributed by atoms with Crippen molar-refractivity contribution in [3.05, 3.63) is 58.9 Å². The van der Waals surface area contributed by atoms with Gasteiger partial charge in [0, 0.05) is 23.8 Å². The van der Waals surface area contributed by atoms with Gasteiger partial charge < -0.3 is 0 Å². The van der Waals surface area contributed by atoms with E-state index in [-0.39, 0.29) is 27.7 Å². The van der Waals surface area contributed by atoms with E-state index in [0.29, 0.717) is 5.69 Å². The van der Waals surface area contributed by atoms with Gasteiger partial charge in [0.2, 0.25) is 0 Å². The third kappa shape index (κ3) is 3.52. The number of nitrogens with one attached hydrogen (secondary N) is 1. The quantitative estimate of drug-likeness (QED) is 0.734. The van der Waals surface area contributed by atoms with Crippen molar-refractivity contribution < 1.29 is 12.8 Å². The first-order valence-electron chi connectivity index (χ1n) is 7.24. The van der Waals surface area contributed by atoms with Gasteiger partial charge in [-0.1, -0.05) is 17.7 Å². The SMILES string of the molecule is Cc1c(S(=O)(=O)Nc2cnn(Cc3c(F)cccc3Cl)c2)cnn1C. The van der Waals surface area contributed by atoms with Crippen LogP contribution in [0.2, 0.25) is 5.02 Å². The maximum Gasteiger partial charge on any atom is 0.265 e. The number of anilines is 1. The van der Waals surface area contributed by atoms with Gasteiger partial charge in [-0.05, 0) is 19.1 Å². The number of hydrogen-bond donors (Lipinski definition) is 1. The molecule has 0 amide bonds. The Bertz CT molecular complexity index is 1010. The van der Waals surface area contributed by atoms with Crippen molar-refractivity contribution in [1.82, 2.24) is 19.6 Å². The number of sulfonamides is 1. The molecule has 0 fully saturated rings. The van der Waals surface area contributed by atoms with E-state index in [4.69, 9.17) is 11.6 Å². The molecule has 0 saturated heterocycles. The Hall–Kier alpha value is -2.39. The van der Waals surface area contributed by atoms with Gasteiger partial charge in [-0.25, -0.2) is 12.8 Å². The minimum atomic E-state index is -3.79. The Morgan fingerprint density at radius 1 is 1.28 bits per heavy atom. The summed E-state index contributed by atoms with van der Waals surface area (Å²) in [5.74, 6) is -0.448. The van der Waals surface area contributed by atoms with E-state index >= 15 is 0 Å². The molecule has 0 aliphatic heterocycles. The monoisotopic (exact) mass is 383 g/mol. The molecule has 0 aliphatic rings. The molecule has 0 unspecified atom stereocenters. The summed E-state index contributed by atoms with van der Waals surface area (Å²) in [5, 5.41) is 8.25. The Morgan fingerprint density at radius 3 is 2.68 bits per heavy atom. The predicted molar refractivity (Wildman–Crippen MR) is 91.5 cm³/mol. The fourth-order valence-electron chi connectivity index (χ4n) is 2.30. The third-order valence-electron chi connectivity index (χ3n) is 3.75. The van der Waals surface area contributed by atoms with Crippen molar-refractivity contribution in [2.24, 2.45) is 7.05 Å². The highest BCUT2D eigenvalue weighted by Crippen LogP contribution is 2.21. The minimum Gasteiger partial charge on any atom is -0.276 e. The molecule has 10 heteroatoms. The molecule has 1 N–H and O–H groups in total. The van der Waals surface area contributed by atoms with Gasteiger partial charge in [-0.2, -0.15) is 10.2 Å². The highest BCUT2D eigenvalue weighted by molar-refractivity contribution is 7.92. The Kier molecular flexibility index (Phi) is 4.53. The largest absolute Gasteiger partial charge is 0.276 e. The molecule has 0 atom stereocenters. The van der Waals surface area contributed by atoms with Gasteiger partial charge in [0.05, 0.1) is 30.3 Å². The van der Waals surface area contributed by atoms with Gasteiger partial charge in [0.1, 0.15) is 10.7 Å². The van der Waals surface area contributed by atoms with E-state index in [0.717, 1.165) is 0 Å². The number of benzene rings is 1. The molecule has 2 heterocycles. The highest BCUT2D eigenvalue weighted by Gasteiger charge is 2.21. The topological polar surface area (TPSA) is 81.8 Å². The van der Waals surface area contributed by atoms with E-state index in [9.17, 15) is 12.8 Å². The first-order chi connectivity index (χ1) is 11.8. The van der Waals surface area contributed by atoms with Crippen LogP contribution in [0, 0.1) is 12.7 Å². The molecule has 0 bridgehead atoms. The van der Waals surface area contributed by atoms with Crippen LogP contribution in [0.25, 0.3) is 0 Å². The van der Waals surface area contributed by atoms with Crippen LogP contribution in [0.4, 0.5) is 10.1 Å². The summed E-state index contributed by atoms with van der Waals surface area (Å²) in [4.78, 5) is 0.0832. The van der Waals surface area contributed by atoms with Gasteiger partial charge in [0.15, 0.2) is 0 Å². The van der Waals surface area contributed by atoms with Gasteiger partial charge >= 0.3 is 0 Å². The standard InChI is InChI=1S/C15H15ClFN5O2S/c1-10-15(7-18-21(10)2)25(23,24)20-11-6-19-22(8-11)9-12-13(16)4-3-5-14(12)17/h3-8,20H,9H2,1-2H3. The first kappa shape index (κ1) is 17.4. The third-order valence-corrected chi connectivity index (χ3v) is 5.59. The molecule has 1 aromatic carbocycles. The van der Waals surface area contributed by atoms with Crippen LogP contribution in [0.3, 0.4) is 0 Å². The molecular weight excluding hydrogens is 369 g/mol. The molecule has 0 saturated carbocycles. The Morgan fingerprint density at radius 2 is 2.04 bits per heavy atom. The normalized spacial score (nSPS) is 11.7. The van der Waals surface area contributed by atoms with Crippen LogP contribution in [0.5, 0.6) is 0 Å². The van der Waals surface area contributed by atoms with Gasteiger partial charge in [-0.3, -0.25) is 14.1 Å². The minimum absolute atomic E-state index is 0.0825. The van der Waals surface area contributed by atoms with E-state index in [1.165, 1.54) is 40.1 Å². The molecule has 25 heavy (non-hydrogen) atoms. The first-order valence-corrected chi connectivity index (χ1v) is 9.11. The molecule has 0 radical (unpaired) electrons. The van der Waals surface area contributed by atoms with Crippen molar-refractivity contribution in [3.63, 3.8) is 0 Å². The molecule has 3 aromatic rings. The van der Waals surface area contributed by atoms with E-state index in [1.807, 2.05) is 0 Å². The predicted octanol–water partition coefficient (Wildman–Crippen LogP) is 2.57. The fraction of sp³-hybridized carbons (Fsp3) is 0.200. The smallest absolute Gasteiger partial charge is 0.265 e. The lowest BCUT2D eigenvalue weighted by Crippen LogP contribution is -2.13. The summed E-state index contributed by atoms with van der Waals surface area (Å²) in [6.07, 6.45) is 4.09. The Balaban J connectivity index is 1.81. The van der Waals surface area contributed by atoms with Crippen LogP contribution in [-0.4, -0.2) is 28.0 Å². The summed E-state index contributed by atoms with van der Waals surface area (Å²) in [6, 6.07) is 4.40. The number of aromatic nitrogens is 4. The average Bonchev–Trinajstić information content (AvgIpc) is 3.10. The highest BCUT2D eigenvalue weighted by atomic mass is 35.5. The number of halogens is 2. The lowest BCUT2D eigenvalue weighted by molar-refractivity contribution is 0.585. The van der Waals surface area contributed by atoms with Crippen LogP contribution in [0.15, 0.2) is 41.7 Å².